The molecule has 8 N–H and O–H groups in total. The van der Waals surface area contributed by atoms with Gasteiger partial charge in [0.15, 0.2) is 25.2 Å². The van der Waals surface area contributed by atoms with Crippen molar-refractivity contribution in [3.63, 3.8) is 0 Å². The Morgan fingerprint density at radius 1 is 0.489 bits per heavy atom. The molecule has 19 nitrogen and oxygen atoms in total. The van der Waals surface area contributed by atoms with E-state index in [0.29, 0.717) is 0 Å². The van der Waals surface area contributed by atoms with Crippen LogP contribution in [0.4, 0.5) is 0 Å². The zero-order valence-corrected chi connectivity index (χ0v) is 24.4. The molecule has 6 heterocycles. The zero-order valence-electron chi connectivity index (χ0n) is 24.4. The van der Waals surface area contributed by atoms with Crippen LogP contribution in [-0.4, -0.2) is 204 Å². The molecule has 0 aliphatic carbocycles. The molecule has 6 rings (SSSR count). The number of ether oxygens (including phenoxy) is 11. The van der Waals surface area contributed by atoms with E-state index in [1.165, 1.54) is 14.2 Å². The van der Waals surface area contributed by atoms with E-state index >= 15 is 0 Å². The van der Waals surface area contributed by atoms with E-state index in [0.717, 1.165) is 0 Å². The third kappa shape index (κ3) is 6.16. The van der Waals surface area contributed by atoms with Gasteiger partial charge in [-0.3, -0.25) is 0 Å². The highest BCUT2D eigenvalue weighted by atomic mass is 16.8. The molecule has 6 aliphatic heterocycles. The van der Waals surface area contributed by atoms with Crippen LogP contribution >= 0.6 is 0 Å². The summed E-state index contributed by atoms with van der Waals surface area (Å²) in [6.07, 6.45) is -24.5. The number of fused-ring (bicyclic) bond motifs is 4. The van der Waals surface area contributed by atoms with Crippen LogP contribution in [0.3, 0.4) is 0 Å². The molecule has 19 heteroatoms. The lowest BCUT2D eigenvalue weighted by atomic mass is 9.96. The van der Waals surface area contributed by atoms with Gasteiger partial charge in [-0.15, -0.1) is 0 Å². The van der Waals surface area contributed by atoms with Gasteiger partial charge in [0.05, 0.1) is 26.4 Å². The van der Waals surface area contributed by atoms with Crippen LogP contribution in [0.25, 0.3) is 0 Å². The van der Waals surface area contributed by atoms with Crippen LogP contribution in [0.15, 0.2) is 0 Å². The molecule has 0 aromatic carbocycles. The van der Waals surface area contributed by atoms with Crippen molar-refractivity contribution in [3.05, 3.63) is 0 Å². The first-order valence-corrected chi connectivity index (χ1v) is 14.8. The molecule has 6 saturated heterocycles. The minimum Gasteiger partial charge on any atom is -0.394 e. The molecule has 4 bridgehead atoms. The average molecular weight is 659 g/mol. The van der Waals surface area contributed by atoms with Gasteiger partial charge in [-0.05, 0) is 0 Å². The topological polar surface area (TPSA) is 263 Å². The highest BCUT2D eigenvalue weighted by Crippen LogP contribution is 2.38. The standard InChI is InChI=1S/C26H42O19/c1-35-19-11(29)7(3-27)39-24(13(19)31)43-18-10-6-38-22(18)16(34)26(42-10)45-20-12(30)8(4-28)40-25(14(20)32)44-17-9-5-37-21(17)15(33)23(36-2)41-9/h7-34H,3-6H2,1-2H3/t7-,8-,9+,10+,11+,12+,13-,14-,15+,16+,17-,18-,19+,20+,21+,22+,23-,24+,25+,26+/m1/s1. The van der Waals surface area contributed by atoms with E-state index in [-0.39, 0.29) is 13.2 Å². The lowest BCUT2D eigenvalue weighted by Crippen LogP contribution is -2.65. The summed E-state index contributed by atoms with van der Waals surface area (Å²) >= 11 is 0. The molecule has 0 spiro atoms. The lowest BCUT2D eigenvalue weighted by molar-refractivity contribution is -0.372. The third-order valence-corrected chi connectivity index (χ3v) is 9.16. The highest BCUT2D eigenvalue weighted by Gasteiger charge is 2.59. The lowest BCUT2D eigenvalue weighted by Gasteiger charge is -2.47. The van der Waals surface area contributed by atoms with Gasteiger partial charge in [0.1, 0.15) is 97.7 Å². The molecular formula is C26H42O19. The van der Waals surface area contributed by atoms with Crippen LogP contribution in [0.1, 0.15) is 0 Å². The van der Waals surface area contributed by atoms with Crippen LogP contribution in [0, 0.1) is 0 Å². The van der Waals surface area contributed by atoms with Gasteiger partial charge in [0.2, 0.25) is 0 Å². The monoisotopic (exact) mass is 658 g/mol. The predicted molar refractivity (Wildman–Crippen MR) is 137 cm³/mol. The predicted octanol–water partition coefficient (Wildman–Crippen LogP) is -6.35. The Hall–Kier alpha value is -0.760. The Morgan fingerprint density at radius 2 is 0.911 bits per heavy atom. The second-order valence-corrected chi connectivity index (χ2v) is 11.8. The van der Waals surface area contributed by atoms with Gasteiger partial charge in [0.25, 0.3) is 0 Å². The first kappa shape index (κ1) is 34.1. The quantitative estimate of drug-likeness (QED) is 0.108. The maximum atomic E-state index is 11.2. The number of aliphatic hydroxyl groups is 8. The van der Waals surface area contributed by atoms with E-state index in [2.05, 4.69) is 0 Å². The molecule has 45 heavy (non-hydrogen) atoms. The Bertz CT molecular complexity index is 979. The largest absolute Gasteiger partial charge is 0.394 e. The van der Waals surface area contributed by atoms with Gasteiger partial charge in [-0.1, -0.05) is 0 Å². The van der Waals surface area contributed by atoms with Crippen molar-refractivity contribution in [3.8, 4) is 0 Å². The van der Waals surface area contributed by atoms with Crippen molar-refractivity contribution in [1.82, 2.24) is 0 Å². The minimum atomic E-state index is -1.68. The summed E-state index contributed by atoms with van der Waals surface area (Å²) in [4.78, 5) is 0. The van der Waals surface area contributed by atoms with Crippen molar-refractivity contribution >= 4 is 0 Å². The van der Waals surface area contributed by atoms with Gasteiger partial charge >= 0.3 is 0 Å². The molecule has 0 unspecified atom stereocenters. The van der Waals surface area contributed by atoms with Gasteiger partial charge in [-0.2, -0.15) is 0 Å². The summed E-state index contributed by atoms with van der Waals surface area (Å²) in [6, 6.07) is 0. The summed E-state index contributed by atoms with van der Waals surface area (Å²) < 4.78 is 62.1. The average Bonchev–Trinajstić information content (AvgIpc) is 3.51. The molecule has 6 fully saturated rings. The number of methoxy groups -OCH3 is 2. The normalized spacial score (nSPS) is 54.8. The van der Waals surface area contributed by atoms with E-state index in [1.807, 2.05) is 0 Å². The number of rotatable bonds is 10. The van der Waals surface area contributed by atoms with E-state index in [4.69, 9.17) is 52.1 Å². The number of aliphatic hydroxyl groups excluding tert-OH is 8. The van der Waals surface area contributed by atoms with Crippen LogP contribution in [0.2, 0.25) is 0 Å². The van der Waals surface area contributed by atoms with Crippen molar-refractivity contribution in [1.29, 1.82) is 0 Å². The summed E-state index contributed by atoms with van der Waals surface area (Å²) in [7, 11) is 2.64. The highest BCUT2D eigenvalue weighted by molar-refractivity contribution is 5.01. The Balaban J connectivity index is 1.12. The molecule has 6 aliphatic rings. The Morgan fingerprint density at radius 3 is 1.40 bits per heavy atom. The maximum absolute atomic E-state index is 11.2. The fraction of sp³-hybridized carbons (Fsp3) is 1.00. The fourth-order valence-corrected chi connectivity index (χ4v) is 6.72. The molecule has 0 radical (unpaired) electrons. The molecular weight excluding hydrogens is 616 g/mol. The van der Waals surface area contributed by atoms with Crippen molar-refractivity contribution in [2.75, 3.05) is 40.6 Å². The minimum absolute atomic E-state index is 0.0615. The van der Waals surface area contributed by atoms with Gasteiger partial charge in [-0.25, -0.2) is 0 Å². The van der Waals surface area contributed by atoms with Crippen molar-refractivity contribution in [2.45, 2.75) is 123 Å². The van der Waals surface area contributed by atoms with Gasteiger partial charge < -0.3 is 93.0 Å². The number of hydrogen-bond acceptors (Lipinski definition) is 19. The van der Waals surface area contributed by atoms with E-state index in [9.17, 15) is 40.9 Å². The first-order valence-electron chi connectivity index (χ1n) is 14.8. The molecule has 20 atom stereocenters. The summed E-state index contributed by atoms with van der Waals surface area (Å²) in [5.41, 5.74) is 0. The van der Waals surface area contributed by atoms with Crippen LogP contribution in [0.5, 0.6) is 0 Å². The molecule has 0 aromatic rings. The summed E-state index contributed by atoms with van der Waals surface area (Å²) in [5, 5.41) is 84.3. The van der Waals surface area contributed by atoms with Crippen molar-refractivity contribution in [2.24, 2.45) is 0 Å². The third-order valence-electron chi connectivity index (χ3n) is 9.16. The second-order valence-electron chi connectivity index (χ2n) is 11.8. The van der Waals surface area contributed by atoms with Crippen LogP contribution < -0.4 is 0 Å². The van der Waals surface area contributed by atoms with Crippen LogP contribution in [-0.2, 0) is 52.1 Å². The van der Waals surface area contributed by atoms with E-state index in [1.54, 1.807) is 0 Å². The zero-order chi connectivity index (χ0) is 32.2. The smallest absolute Gasteiger partial charge is 0.187 e. The maximum Gasteiger partial charge on any atom is 0.187 e. The Kier molecular flexibility index (Phi) is 10.6. The number of hydrogen-bond donors (Lipinski definition) is 8. The SMILES string of the molecule is CO[C@@H]1O[C@H]2CO[C@@H]([C@@H]1O)[C@@H]2O[C@@H]1O[C@H](CO)[C@H](O)[C@H](O[C@@H]2O[C@H]3CO[C@@H]([C@@H]2O)[C@@H]3O[C@@H]2O[C@H](CO)[C@H](O)[C@H](OC)[C@H]2O)[C@H]1O. The van der Waals surface area contributed by atoms with E-state index < -0.39 is 136 Å². The fourth-order valence-electron chi connectivity index (χ4n) is 6.72. The Labute approximate surface area is 256 Å². The van der Waals surface area contributed by atoms with Gasteiger partial charge in [0, 0.05) is 14.2 Å². The second kappa shape index (κ2) is 14.0. The molecule has 260 valence electrons. The van der Waals surface area contributed by atoms with Crippen molar-refractivity contribution < 1.29 is 93.0 Å². The summed E-state index contributed by atoms with van der Waals surface area (Å²) in [6.45, 7) is -1.25. The summed E-state index contributed by atoms with van der Waals surface area (Å²) in [5.74, 6) is 0. The molecule has 0 aromatic heterocycles. The molecule has 0 amide bonds. The first-order chi connectivity index (χ1) is 21.6. The molecule has 0 saturated carbocycles.